The van der Waals surface area contributed by atoms with Crippen LogP contribution in [0.4, 0.5) is 0 Å². The number of benzene rings is 1. The molecule has 0 radical (unpaired) electrons. The van der Waals surface area contributed by atoms with E-state index < -0.39 is 6.10 Å². The Kier molecular flexibility index (Phi) is 11.3. The molecule has 1 aromatic heterocycles. The van der Waals surface area contributed by atoms with Crippen LogP contribution in [-0.4, -0.2) is 56.9 Å². The summed E-state index contributed by atoms with van der Waals surface area (Å²) in [4.78, 5) is 16.8. The highest BCUT2D eigenvalue weighted by Crippen LogP contribution is 2.29. The van der Waals surface area contributed by atoms with Crippen molar-refractivity contribution in [2.24, 2.45) is 4.99 Å². The van der Waals surface area contributed by atoms with Crippen LogP contribution in [0.3, 0.4) is 0 Å². The second-order valence-corrected chi connectivity index (χ2v) is 6.74. The van der Waals surface area contributed by atoms with Crippen molar-refractivity contribution in [2.45, 2.75) is 13.0 Å². The highest BCUT2D eigenvalue weighted by molar-refractivity contribution is 14.0. The minimum atomic E-state index is -0.646. The van der Waals surface area contributed by atoms with Crippen molar-refractivity contribution in [1.82, 2.24) is 16.0 Å². The normalized spacial score (nSPS) is 12.3. The fourth-order valence-corrected chi connectivity index (χ4v) is 3.35. The summed E-state index contributed by atoms with van der Waals surface area (Å²) in [5, 5.41) is 20.4. The van der Waals surface area contributed by atoms with Gasteiger partial charge in [0.25, 0.3) is 0 Å². The molecule has 0 aliphatic heterocycles. The number of aliphatic hydroxyl groups is 1. The smallest absolute Gasteiger partial charge is 0.241 e. The zero-order chi connectivity index (χ0) is 18.8. The lowest BCUT2D eigenvalue weighted by molar-refractivity contribution is -0.119. The summed E-state index contributed by atoms with van der Waals surface area (Å²) in [5.41, 5.74) is 0. The number of rotatable bonds is 9. The van der Waals surface area contributed by atoms with Gasteiger partial charge in [-0.3, -0.25) is 4.79 Å². The summed E-state index contributed by atoms with van der Waals surface area (Å²) in [6.45, 7) is 3.85. The Balaban J connectivity index is 0.00000364. The quantitative estimate of drug-likeness (QED) is 0.180. The van der Waals surface area contributed by atoms with Crippen molar-refractivity contribution in [3.8, 4) is 0 Å². The van der Waals surface area contributed by atoms with Crippen LogP contribution in [0.25, 0.3) is 10.1 Å². The molecule has 1 amide bonds. The molecular formula is C18H27IN4O3S. The van der Waals surface area contributed by atoms with E-state index in [1.165, 1.54) is 0 Å². The summed E-state index contributed by atoms with van der Waals surface area (Å²) in [5.74, 6) is 0.318. The van der Waals surface area contributed by atoms with Gasteiger partial charge in [-0.1, -0.05) is 18.2 Å². The summed E-state index contributed by atoms with van der Waals surface area (Å²) in [6, 6.07) is 10.0. The fraction of sp³-hybridized carbons (Fsp3) is 0.444. The minimum absolute atomic E-state index is 0. The lowest BCUT2D eigenvalue weighted by atomic mass is 10.2. The maximum absolute atomic E-state index is 11.7. The van der Waals surface area contributed by atoms with Crippen molar-refractivity contribution in [3.63, 3.8) is 0 Å². The molecule has 2 aromatic rings. The molecule has 27 heavy (non-hydrogen) atoms. The zero-order valence-electron chi connectivity index (χ0n) is 15.5. The number of hydrogen-bond acceptors (Lipinski definition) is 5. The summed E-state index contributed by atoms with van der Waals surface area (Å²) >= 11 is 1.57. The monoisotopic (exact) mass is 506 g/mol. The Labute approximate surface area is 180 Å². The summed E-state index contributed by atoms with van der Waals surface area (Å²) < 4.78 is 6.03. The number of carbonyl (C=O) groups excluding carboxylic acids is 1. The van der Waals surface area contributed by atoms with E-state index in [2.05, 4.69) is 20.9 Å². The number of ether oxygens (including phenoxy) is 1. The third-order valence-electron chi connectivity index (χ3n) is 3.59. The maximum atomic E-state index is 11.7. The molecule has 0 saturated carbocycles. The van der Waals surface area contributed by atoms with E-state index in [1.807, 2.05) is 37.3 Å². The SMILES string of the molecule is CCNC(=NCC(=O)NCCOC)NCC(O)c1cc2ccccc2s1.I. The van der Waals surface area contributed by atoms with Crippen molar-refractivity contribution in [2.75, 3.05) is 39.9 Å². The van der Waals surface area contributed by atoms with Gasteiger partial charge in [-0.05, 0) is 24.4 Å². The second kappa shape index (κ2) is 12.9. The number of nitrogens with zero attached hydrogens (tertiary/aromatic N) is 1. The maximum Gasteiger partial charge on any atom is 0.241 e. The number of amides is 1. The van der Waals surface area contributed by atoms with Gasteiger partial charge >= 0.3 is 0 Å². The molecule has 0 aliphatic carbocycles. The number of carbonyl (C=O) groups is 1. The van der Waals surface area contributed by atoms with E-state index in [9.17, 15) is 9.90 Å². The molecular weight excluding hydrogens is 479 g/mol. The van der Waals surface area contributed by atoms with Crippen LogP contribution in [0.2, 0.25) is 0 Å². The van der Waals surface area contributed by atoms with Gasteiger partial charge in [-0.2, -0.15) is 0 Å². The molecule has 0 aliphatic rings. The predicted molar refractivity (Wildman–Crippen MR) is 121 cm³/mol. The van der Waals surface area contributed by atoms with Crippen LogP contribution in [0, 0.1) is 0 Å². The van der Waals surface area contributed by atoms with E-state index in [1.54, 1.807) is 18.4 Å². The van der Waals surface area contributed by atoms with E-state index in [0.717, 1.165) is 15.0 Å². The third-order valence-corrected chi connectivity index (χ3v) is 4.81. The number of thiophene rings is 1. The molecule has 4 N–H and O–H groups in total. The Bertz CT molecular complexity index is 705. The first-order valence-corrected chi connectivity index (χ1v) is 9.40. The Morgan fingerprint density at radius 1 is 1.30 bits per heavy atom. The first kappa shape index (κ1) is 23.6. The molecule has 0 spiro atoms. The standard InChI is InChI=1S/C18H26N4O3S.HI/c1-3-19-18(22-12-17(24)20-8-9-25-2)21-11-14(23)16-10-13-6-4-5-7-15(13)26-16;/h4-7,10,14,23H,3,8-9,11-12H2,1-2H3,(H,20,24)(H2,19,21,22);1H. The molecule has 2 rings (SSSR count). The molecule has 7 nitrogen and oxygen atoms in total. The molecule has 1 unspecified atom stereocenters. The number of hydrogen-bond donors (Lipinski definition) is 4. The van der Waals surface area contributed by atoms with E-state index >= 15 is 0 Å². The topological polar surface area (TPSA) is 95.0 Å². The highest BCUT2D eigenvalue weighted by Gasteiger charge is 2.12. The van der Waals surface area contributed by atoms with Crippen LogP contribution in [0.5, 0.6) is 0 Å². The lowest BCUT2D eigenvalue weighted by Crippen LogP contribution is -2.40. The fourth-order valence-electron chi connectivity index (χ4n) is 2.30. The van der Waals surface area contributed by atoms with Crippen molar-refractivity contribution in [3.05, 3.63) is 35.2 Å². The summed E-state index contributed by atoms with van der Waals surface area (Å²) in [7, 11) is 1.58. The van der Waals surface area contributed by atoms with Crippen LogP contribution < -0.4 is 16.0 Å². The van der Waals surface area contributed by atoms with Gasteiger partial charge in [0.1, 0.15) is 12.6 Å². The molecule has 150 valence electrons. The molecule has 0 fully saturated rings. The van der Waals surface area contributed by atoms with Crippen LogP contribution in [0.15, 0.2) is 35.3 Å². The molecule has 1 atom stereocenters. The lowest BCUT2D eigenvalue weighted by Gasteiger charge is -2.14. The Morgan fingerprint density at radius 3 is 2.78 bits per heavy atom. The van der Waals surface area contributed by atoms with Crippen molar-refractivity contribution in [1.29, 1.82) is 0 Å². The predicted octanol–water partition coefficient (Wildman–Crippen LogP) is 1.87. The minimum Gasteiger partial charge on any atom is -0.386 e. The Morgan fingerprint density at radius 2 is 2.07 bits per heavy atom. The average molecular weight is 506 g/mol. The van der Waals surface area contributed by atoms with Gasteiger partial charge in [0, 0.05) is 36.3 Å². The first-order valence-electron chi connectivity index (χ1n) is 8.58. The van der Waals surface area contributed by atoms with Gasteiger partial charge in [-0.25, -0.2) is 4.99 Å². The van der Waals surface area contributed by atoms with E-state index in [4.69, 9.17) is 4.74 Å². The van der Waals surface area contributed by atoms with Gasteiger partial charge in [-0.15, -0.1) is 35.3 Å². The van der Waals surface area contributed by atoms with Crippen molar-refractivity contribution >= 4 is 57.3 Å². The second-order valence-electron chi connectivity index (χ2n) is 5.62. The number of nitrogens with one attached hydrogen (secondary N) is 3. The van der Waals surface area contributed by atoms with E-state index in [0.29, 0.717) is 32.2 Å². The number of methoxy groups -OCH3 is 1. The zero-order valence-corrected chi connectivity index (χ0v) is 18.7. The first-order chi connectivity index (χ1) is 12.6. The number of guanidine groups is 1. The third kappa shape index (κ3) is 7.99. The van der Waals surface area contributed by atoms with Gasteiger partial charge < -0.3 is 25.8 Å². The number of halogens is 1. The van der Waals surface area contributed by atoms with Crippen LogP contribution in [-0.2, 0) is 9.53 Å². The number of aliphatic imine (C=N–C) groups is 1. The Hall–Kier alpha value is -1.43. The van der Waals surface area contributed by atoms with Crippen LogP contribution in [0.1, 0.15) is 17.9 Å². The number of aliphatic hydroxyl groups excluding tert-OH is 1. The van der Waals surface area contributed by atoms with Crippen molar-refractivity contribution < 1.29 is 14.6 Å². The highest BCUT2D eigenvalue weighted by atomic mass is 127. The van der Waals surface area contributed by atoms with Gasteiger partial charge in [0.05, 0.1) is 6.61 Å². The van der Waals surface area contributed by atoms with Gasteiger partial charge in [0.2, 0.25) is 5.91 Å². The molecule has 9 heteroatoms. The molecule has 0 bridgehead atoms. The van der Waals surface area contributed by atoms with E-state index in [-0.39, 0.29) is 36.4 Å². The molecule has 0 saturated heterocycles. The van der Waals surface area contributed by atoms with Crippen LogP contribution >= 0.6 is 35.3 Å². The van der Waals surface area contributed by atoms with Gasteiger partial charge in [0.15, 0.2) is 5.96 Å². The summed E-state index contributed by atoms with van der Waals surface area (Å²) in [6.07, 6.45) is -0.646. The molecule has 1 aromatic carbocycles. The number of fused-ring (bicyclic) bond motifs is 1. The average Bonchev–Trinajstić information content (AvgIpc) is 3.08. The molecule has 1 heterocycles. The largest absolute Gasteiger partial charge is 0.386 e.